The molecule has 0 aliphatic rings. The number of Topliss-reactive ketones (excluding diaryl/α,β-unsaturated/α-hetero) is 1. The average molecular weight is 295 g/mol. The number of ketones is 1. The zero-order chi connectivity index (χ0) is 16.0. The van der Waals surface area contributed by atoms with Gasteiger partial charge in [-0.1, -0.05) is 30.3 Å². The van der Waals surface area contributed by atoms with Gasteiger partial charge >= 0.3 is 6.09 Å². The summed E-state index contributed by atoms with van der Waals surface area (Å²) in [6.45, 7) is 5.09. The Hall–Kier alpha value is -1.92. The van der Waals surface area contributed by atoms with Crippen LogP contribution < -0.4 is 5.32 Å². The quantitative estimate of drug-likeness (QED) is 0.704. The lowest BCUT2D eigenvalue weighted by Crippen LogP contribution is -2.48. The molecule has 0 aliphatic heterocycles. The third-order valence-corrected chi connectivity index (χ3v) is 2.57. The van der Waals surface area contributed by atoms with Gasteiger partial charge in [0.2, 0.25) is 12.1 Å². The number of alkyl carbamates (subject to hydrolysis) is 1. The minimum atomic E-state index is -2.14. The van der Waals surface area contributed by atoms with E-state index < -0.39 is 29.8 Å². The van der Waals surface area contributed by atoms with Crippen molar-refractivity contribution in [2.24, 2.45) is 0 Å². The zero-order valence-electron chi connectivity index (χ0n) is 12.4. The summed E-state index contributed by atoms with van der Waals surface area (Å²) in [5, 5.41) is 20.4. The van der Waals surface area contributed by atoms with Gasteiger partial charge in [0, 0.05) is 6.42 Å². The average Bonchev–Trinajstić information content (AvgIpc) is 2.36. The van der Waals surface area contributed by atoms with Crippen molar-refractivity contribution in [3.8, 4) is 0 Å². The van der Waals surface area contributed by atoms with Gasteiger partial charge in [0.1, 0.15) is 11.6 Å². The molecule has 0 aromatic heterocycles. The van der Waals surface area contributed by atoms with Crippen LogP contribution in [0.1, 0.15) is 26.3 Å². The molecule has 1 aromatic rings. The number of hydrogen-bond donors (Lipinski definition) is 3. The summed E-state index contributed by atoms with van der Waals surface area (Å²) in [5.41, 5.74) is 0.0787. The van der Waals surface area contributed by atoms with Crippen LogP contribution in [0.15, 0.2) is 30.3 Å². The zero-order valence-corrected chi connectivity index (χ0v) is 12.4. The number of carbonyl (C=O) groups excluding carboxylic acids is 2. The fraction of sp³-hybridized carbons (Fsp3) is 0.467. The third kappa shape index (κ3) is 6.37. The molecule has 0 aliphatic carbocycles. The molecule has 1 aromatic carbocycles. The van der Waals surface area contributed by atoms with E-state index in [1.165, 1.54) is 0 Å². The molecule has 21 heavy (non-hydrogen) atoms. The molecule has 1 rings (SSSR count). The van der Waals surface area contributed by atoms with Gasteiger partial charge in [-0.2, -0.15) is 0 Å². The highest BCUT2D eigenvalue weighted by molar-refractivity contribution is 5.89. The fourth-order valence-corrected chi connectivity index (χ4v) is 1.70. The summed E-state index contributed by atoms with van der Waals surface area (Å²) in [6.07, 6.45) is -2.78. The van der Waals surface area contributed by atoms with Gasteiger partial charge in [-0.25, -0.2) is 4.79 Å². The lowest BCUT2D eigenvalue weighted by atomic mass is 10.0. The Morgan fingerprint density at radius 1 is 1.19 bits per heavy atom. The standard InChI is InChI=1S/C15H21NO5/c1-15(2,3)21-14(20)16-11(12(17)13(18)19)9-10-7-5-4-6-8-10/h4-8,11,13,18-19H,9H2,1-3H3,(H,16,20)/t11-/m0/s1. The highest BCUT2D eigenvalue weighted by atomic mass is 16.6. The predicted molar refractivity (Wildman–Crippen MR) is 76.5 cm³/mol. The van der Waals surface area contributed by atoms with Gasteiger partial charge in [-0.15, -0.1) is 0 Å². The van der Waals surface area contributed by atoms with Gasteiger partial charge in [-0.3, -0.25) is 4.79 Å². The van der Waals surface area contributed by atoms with E-state index in [2.05, 4.69) is 5.32 Å². The second kappa shape index (κ2) is 7.19. The molecule has 6 nitrogen and oxygen atoms in total. The first-order valence-corrected chi connectivity index (χ1v) is 6.62. The van der Waals surface area contributed by atoms with E-state index in [1.807, 2.05) is 6.07 Å². The van der Waals surface area contributed by atoms with E-state index >= 15 is 0 Å². The molecule has 0 spiro atoms. The first-order chi connectivity index (χ1) is 9.69. The van der Waals surface area contributed by atoms with Crippen LogP contribution in [0.3, 0.4) is 0 Å². The highest BCUT2D eigenvalue weighted by Gasteiger charge is 2.28. The molecule has 0 saturated carbocycles. The second-order valence-corrected chi connectivity index (χ2v) is 5.66. The van der Waals surface area contributed by atoms with E-state index in [-0.39, 0.29) is 6.42 Å². The van der Waals surface area contributed by atoms with Crippen LogP contribution in [0.2, 0.25) is 0 Å². The molecule has 0 bridgehead atoms. The summed E-state index contributed by atoms with van der Waals surface area (Å²) in [7, 11) is 0. The van der Waals surface area contributed by atoms with Crippen LogP contribution in [0.25, 0.3) is 0 Å². The summed E-state index contributed by atoms with van der Waals surface area (Å²) in [4.78, 5) is 23.5. The smallest absolute Gasteiger partial charge is 0.408 e. The first kappa shape index (κ1) is 17.1. The van der Waals surface area contributed by atoms with Crippen LogP contribution in [0.5, 0.6) is 0 Å². The molecule has 1 amide bonds. The molecule has 0 saturated heterocycles. The Morgan fingerprint density at radius 3 is 2.24 bits per heavy atom. The van der Waals surface area contributed by atoms with Gasteiger partial charge in [0.25, 0.3) is 0 Å². The minimum absolute atomic E-state index is 0.149. The Morgan fingerprint density at radius 2 is 1.76 bits per heavy atom. The third-order valence-electron chi connectivity index (χ3n) is 2.57. The van der Waals surface area contributed by atoms with Crippen LogP contribution in [-0.4, -0.2) is 40.0 Å². The largest absolute Gasteiger partial charge is 0.444 e. The second-order valence-electron chi connectivity index (χ2n) is 5.66. The van der Waals surface area contributed by atoms with Crippen LogP contribution >= 0.6 is 0 Å². The molecule has 0 fully saturated rings. The molecular formula is C15H21NO5. The number of rotatable bonds is 5. The fourth-order valence-electron chi connectivity index (χ4n) is 1.70. The number of hydrogen-bond acceptors (Lipinski definition) is 5. The maximum absolute atomic E-state index is 11.8. The Labute approximate surface area is 123 Å². The van der Waals surface area contributed by atoms with Crippen LogP contribution in [0.4, 0.5) is 4.79 Å². The molecule has 116 valence electrons. The van der Waals surface area contributed by atoms with Crippen molar-refractivity contribution >= 4 is 11.9 Å². The maximum atomic E-state index is 11.8. The van der Waals surface area contributed by atoms with Crippen molar-refractivity contribution in [2.45, 2.75) is 45.1 Å². The molecule has 0 radical (unpaired) electrons. The normalized spacial score (nSPS) is 12.9. The molecular weight excluding hydrogens is 274 g/mol. The Bertz CT molecular complexity index is 479. The number of nitrogens with one attached hydrogen (secondary N) is 1. The van der Waals surface area contributed by atoms with Crippen molar-refractivity contribution in [1.82, 2.24) is 5.32 Å². The Kier molecular flexibility index (Phi) is 5.87. The maximum Gasteiger partial charge on any atom is 0.408 e. The molecule has 1 atom stereocenters. The van der Waals surface area contributed by atoms with Gasteiger partial charge < -0.3 is 20.3 Å². The molecule has 3 N–H and O–H groups in total. The lowest BCUT2D eigenvalue weighted by molar-refractivity contribution is -0.147. The van der Waals surface area contributed by atoms with E-state index in [1.54, 1.807) is 45.0 Å². The number of carbonyl (C=O) groups is 2. The van der Waals surface area contributed by atoms with Crippen molar-refractivity contribution in [3.05, 3.63) is 35.9 Å². The summed E-state index contributed by atoms with van der Waals surface area (Å²) >= 11 is 0. The molecule has 0 unspecified atom stereocenters. The minimum Gasteiger partial charge on any atom is -0.444 e. The summed E-state index contributed by atoms with van der Waals surface area (Å²) in [6, 6.07) is 7.89. The van der Waals surface area contributed by atoms with E-state index in [4.69, 9.17) is 14.9 Å². The predicted octanol–water partition coefficient (Wildman–Crippen LogP) is 1.00. The van der Waals surface area contributed by atoms with Crippen molar-refractivity contribution < 1.29 is 24.5 Å². The van der Waals surface area contributed by atoms with E-state index in [9.17, 15) is 9.59 Å². The lowest BCUT2D eigenvalue weighted by Gasteiger charge is -2.23. The number of ether oxygens (including phenoxy) is 1. The number of benzene rings is 1. The van der Waals surface area contributed by atoms with E-state index in [0.717, 1.165) is 5.56 Å². The van der Waals surface area contributed by atoms with Crippen molar-refractivity contribution in [1.29, 1.82) is 0 Å². The summed E-state index contributed by atoms with van der Waals surface area (Å²) in [5.74, 6) is -0.885. The summed E-state index contributed by atoms with van der Waals surface area (Å²) < 4.78 is 5.07. The highest BCUT2D eigenvalue weighted by Crippen LogP contribution is 2.09. The topological polar surface area (TPSA) is 95.9 Å². The van der Waals surface area contributed by atoms with Crippen molar-refractivity contribution in [2.75, 3.05) is 0 Å². The SMILES string of the molecule is CC(C)(C)OC(=O)N[C@@H](Cc1ccccc1)C(=O)C(O)O. The molecule has 0 heterocycles. The number of aliphatic hydroxyl groups excluding tert-OH is 1. The monoisotopic (exact) mass is 295 g/mol. The van der Waals surface area contributed by atoms with Gasteiger partial charge in [0.15, 0.2) is 0 Å². The van der Waals surface area contributed by atoms with Crippen molar-refractivity contribution in [3.63, 3.8) is 0 Å². The van der Waals surface area contributed by atoms with Gasteiger partial charge in [0.05, 0.1) is 0 Å². The number of amides is 1. The van der Waals surface area contributed by atoms with E-state index in [0.29, 0.717) is 0 Å². The van der Waals surface area contributed by atoms with Crippen LogP contribution in [-0.2, 0) is 16.0 Å². The molecule has 6 heteroatoms. The number of aliphatic hydroxyl groups is 2. The van der Waals surface area contributed by atoms with Gasteiger partial charge in [-0.05, 0) is 26.3 Å². The first-order valence-electron chi connectivity index (χ1n) is 6.62. The Balaban J connectivity index is 2.78. The van der Waals surface area contributed by atoms with Crippen LogP contribution in [0, 0.1) is 0 Å².